The normalized spacial score (nSPS) is 12.0. The molecule has 1 N–H and O–H groups in total. The van der Waals surface area contributed by atoms with E-state index in [2.05, 4.69) is 0 Å². The predicted octanol–water partition coefficient (Wildman–Crippen LogP) is 3.55. The monoisotopic (exact) mass is 364 g/mol. The van der Waals surface area contributed by atoms with Crippen LogP contribution in [0.1, 0.15) is 5.56 Å². The molecule has 0 fully saturated rings. The van der Waals surface area contributed by atoms with E-state index in [9.17, 15) is 36.1 Å². The molecular formula is C13H8F4N2O4S. The highest BCUT2D eigenvalue weighted by Gasteiger charge is 2.34. The van der Waals surface area contributed by atoms with E-state index in [-0.39, 0.29) is 5.69 Å². The number of hydrogen-bond donors (Lipinski definition) is 1. The Kier molecular flexibility index (Phi) is 4.47. The second-order valence-electron chi connectivity index (χ2n) is 4.55. The van der Waals surface area contributed by atoms with Gasteiger partial charge in [0.05, 0.1) is 15.4 Å². The Morgan fingerprint density at radius 1 is 1.04 bits per heavy atom. The van der Waals surface area contributed by atoms with Crippen molar-refractivity contribution in [2.75, 3.05) is 4.72 Å². The number of anilines is 1. The fourth-order valence-corrected chi connectivity index (χ4v) is 2.82. The van der Waals surface area contributed by atoms with Gasteiger partial charge >= 0.3 is 6.18 Å². The zero-order chi connectivity index (χ0) is 18.1. The van der Waals surface area contributed by atoms with E-state index < -0.39 is 43.1 Å². The van der Waals surface area contributed by atoms with Crippen LogP contribution in [0, 0.1) is 15.9 Å². The van der Waals surface area contributed by atoms with Gasteiger partial charge in [0.25, 0.3) is 15.7 Å². The number of nitro benzene ring substituents is 1. The molecule has 0 unspecified atom stereocenters. The molecule has 0 saturated heterocycles. The van der Waals surface area contributed by atoms with E-state index in [0.29, 0.717) is 12.1 Å². The van der Waals surface area contributed by atoms with Gasteiger partial charge in [-0.3, -0.25) is 14.8 Å². The summed E-state index contributed by atoms with van der Waals surface area (Å²) in [7, 11) is -4.29. The maximum Gasteiger partial charge on any atom is 0.419 e. The number of sulfonamides is 1. The first kappa shape index (κ1) is 17.7. The van der Waals surface area contributed by atoms with Crippen LogP contribution in [0.15, 0.2) is 47.4 Å². The number of rotatable bonds is 4. The number of halogens is 4. The Hall–Kier alpha value is -2.69. The number of benzene rings is 2. The smallest absolute Gasteiger partial charge is 0.280 e. The van der Waals surface area contributed by atoms with E-state index >= 15 is 0 Å². The Labute approximate surface area is 132 Å². The van der Waals surface area contributed by atoms with E-state index in [4.69, 9.17) is 0 Å². The number of non-ortho nitro benzene ring substituents is 1. The predicted molar refractivity (Wildman–Crippen MR) is 75.3 cm³/mol. The fraction of sp³-hybridized carbons (Fsp3) is 0.0769. The molecule has 2 aromatic rings. The molecule has 0 aliphatic heterocycles. The van der Waals surface area contributed by atoms with Crippen LogP contribution < -0.4 is 4.72 Å². The van der Waals surface area contributed by atoms with Crippen molar-refractivity contribution < 1.29 is 30.9 Å². The number of nitrogens with zero attached hydrogens (tertiary/aromatic N) is 1. The maximum absolute atomic E-state index is 13.2. The van der Waals surface area contributed by atoms with Crippen molar-refractivity contribution in [1.82, 2.24) is 0 Å². The Bertz CT molecular complexity index is 880. The minimum Gasteiger partial charge on any atom is -0.280 e. The third kappa shape index (κ3) is 3.79. The van der Waals surface area contributed by atoms with Gasteiger partial charge in [-0.1, -0.05) is 0 Å². The first-order valence-electron chi connectivity index (χ1n) is 6.15. The lowest BCUT2D eigenvalue weighted by atomic mass is 10.2. The number of alkyl halides is 3. The SMILES string of the molecule is O=[N+]([O-])c1ccc(S(=O)(=O)Nc2ccc(F)c(C(F)(F)F)c2)cc1. The molecule has 0 aliphatic rings. The van der Waals surface area contributed by atoms with Gasteiger partial charge in [-0.05, 0) is 30.3 Å². The van der Waals surface area contributed by atoms with Crippen LogP contribution in [0.25, 0.3) is 0 Å². The van der Waals surface area contributed by atoms with Crippen LogP contribution in [0.2, 0.25) is 0 Å². The minimum absolute atomic E-state index is 0.318. The Balaban J connectivity index is 2.34. The van der Waals surface area contributed by atoms with Crippen molar-refractivity contribution in [3.63, 3.8) is 0 Å². The summed E-state index contributed by atoms with van der Waals surface area (Å²) in [4.78, 5) is 9.38. The van der Waals surface area contributed by atoms with Gasteiger partial charge in [0.1, 0.15) is 5.82 Å². The van der Waals surface area contributed by atoms with Crippen LogP contribution in [-0.2, 0) is 16.2 Å². The van der Waals surface area contributed by atoms with E-state index in [1.165, 1.54) is 0 Å². The van der Waals surface area contributed by atoms with Gasteiger partial charge < -0.3 is 0 Å². The van der Waals surface area contributed by atoms with Gasteiger partial charge in [-0.15, -0.1) is 0 Å². The molecular weight excluding hydrogens is 356 g/mol. The summed E-state index contributed by atoms with van der Waals surface area (Å²) in [6.45, 7) is 0. The first-order chi connectivity index (χ1) is 11.0. The van der Waals surface area contributed by atoms with Crippen molar-refractivity contribution in [3.8, 4) is 0 Å². The molecule has 0 radical (unpaired) electrons. The average Bonchev–Trinajstić information content (AvgIpc) is 2.48. The molecule has 0 bridgehead atoms. The number of nitrogens with one attached hydrogen (secondary N) is 1. The molecule has 0 aromatic heterocycles. The maximum atomic E-state index is 13.2. The quantitative estimate of drug-likeness (QED) is 0.510. The summed E-state index contributed by atoms with van der Waals surface area (Å²) in [6.07, 6.45) is -4.99. The first-order valence-corrected chi connectivity index (χ1v) is 7.63. The third-order valence-electron chi connectivity index (χ3n) is 2.88. The number of nitro groups is 1. The summed E-state index contributed by atoms with van der Waals surface area (Å²) in [5, 5.41) is 10.5. The lowest BCUT2D eigenvalue weighted by Crippen LogP contribution is -2.15. The lowest BCUT2D eigenvalue weighted by molar-refractivity contribution is -0.384. The van der Waals surface area contributed by atoms with Gasteiger partial charge in [0.2, 0.25) is 0 Å². The summed E-state index contributed by atoms with van der Waals surface area (Å²) >= 11 is 0. The molecule has 128 valence electrons. The van der Waals surface area contributed by atoms with Crippen LogP contribution in [0.3, 0.4) is 0 Å². The fourth-order valence-electron chi connectivity index (χ4n) is 1.77. The Morgan fingerprint density at radius 3 is 2.12 bits per heavy atom. The standard InChI is InChI=1S/C13H8F4N2O4S/c14-12-6-1-8(7-11(12)13(15,16)17)18-24(22,23)10-4-2-9(3-5-10)19(20)21/h1-7,18H. The highest BCUT2D eigenvalue weighted by molar-refractivity contribution is 7.92. The molecule has 0 heterocycles. The van der Waals surface area contributed by atoms with Crippen LogP contribution in [0.4, 0.5) is 28.9 Å². The highest BCUT2D eigenvalue weighted by atomic mass is 32.2. The van der Waals surface area contributed by atoms with Crippen LogP contribution in [-0.4, -0.2) is 13.3 Å². The van der Waals surface area contributed by atoms with Gasteiger partial charge in [0.15, 0.2) is 0 Å². The molecule has 0 spiro atoms. The molecule has 0 saturated carbocycles. The molecule has 2 aromatic carbocycles. The second-order valence-corrected chi connectivity index (χ2v) is 6.23. The van der Waals surface area contributed by atoms with Gasteiger partial charge in [0, 0.05) is 17.8 Å². The van der Waals surface area contributed by atoms with Gasteiger partial charge in [-0.2, -0.15) is 13.2 Å². The molecule has 2 rings (SSSR count). The van der Waals surface area contributed by atoms with E-state index in [0.717, 1.165) is 30.3 Å². The molecule has 24 heavy (non-hydrogen) atoms. The molecule has 11 heteroatoms. The summed E-state index contributed by atoms with van der Waals surface area (Å²) in [6, 6.07) is 5.34. The van der Waals surface area contributed by atoms with Crippen LogP contribution >= 0.6 is 0 Å². The van der Waals surface area contributed by atoms with Crippen LogP contribution in [0.5, 0.6) is 0 Å². The second kappa shape index (κ2) is 6.07. The average molecular weight is 364 g/mol. The van der Waals surface area contributed by atoms with Crippen molar-refractivity contribution >= 4 is 21.4 Å². The molecule has 6 nitrogen and oxygen atoms in total. The van der Waals surface area contributed by atoms with E-state index in [1.807, 2.05) is 4.72 Å². The summed E-state index contributed by atoms with van der Waals surface area (Å²) in [5.74, 6) is -1.54. The zero-order valence-corrected chi connectivity index (χ0v) is 12.4. The molecule has 0 amide bonds. The Morgan fingerprint density at radius 2 is 1.62 bits per heavy atom. The number of hydrogen-bond acceptors (Lipinski definition) is 4. The largest absolute Gasteiger partial charge is 0.419 e. The minimum atomic E-state index is -4.99. The van der Waals surface area contributed by atoms with Crippen molar-refractivity contribution in [2.24, 2.45) is 0 Å². The van der Waals surface area contributed by atoms with Crippen molar-refractivity contribution in [2.45, 2.75) is 11.1 Å². The summed E-state index contributed by atoms with van der Waals surface area (Å²) in [5.41, 5.74) is -2.47. The molecule has 0 atom stereocenters. The van der Waals surface area contributed by atoms with Crippen molar-refractivity contribution in [3.05, 3.63) is 64.0 Å². The zero-order valence-electron chi connectivity index (χ0n) is 11.5. The van der Waals surface area contributed by atoms with Crippen molar-refractivity contribution in [1.29, 1.82) is 0 Å². The molecule has 0 aliphatic carbocycles. The lowest BCUT2D eigenvalue weighted by Gasteiger charge is -2.12. The highest BCUT2D eigenvalue weighted by Crippen LogP contribution is 2.33. The topological polar surface area (TPSA) is 89.3 Å². The summed E-state index contributed by atoms with van der Waals surface area (Å²) < 4.78 is 77.1. The van der Waals surface area contributed by atoms with E-state index in [1.54, 1.807) is 0 Å². The van der Waals surface area contributed by atoms with Gasteiger partial charge in [-0.25, -0.2) is 12.8 Å². The third-order valence-corrected chi connectivity index (χ3v) is 4.28.